The van der Waals surface area contributed by atoms with E-state index in [1.807, 2.05) is 24.3 Å². The summed E-state index contributed by atoms with van der Waals surface area (Å²) in [5.41, 5.74) is 4.64. The first-order valence-corrected chi connectivity index (χ1v) is 11.1. The highest BCUT2D eigenvalue weighted by molar-refractivity contribution is 5.79. The van der Waals surface area contributed by atoms with Gasteiger partial charge in [-0.3, -0.25) is 9.59 Å². The molecule has 3 N–H and O–H groups in total. The molecule has 0 aliphatic heterocycles. The summed E-state index contributed by atoms with van der Waals surface area (Å²) >= 11 is 0. The fourth-order valence-corrected chi connectivity index (χ4v) is 4.05. The van der Waals surface area contributed by atoms with Gasteiger partial charge in [0.05, 0.1) is 0 Å². The Kier molecular flexibility index (Phi) is 8.25. The first kappa shape index (κ1) is 23.3. The van der Waals surface area contributed by atoms with E-state index >= 15 is 0 Å². The molecule has 2 aromatic carbocycles. The lowest BCUT2D eigenvalue weighted by molar-refractivity contribution is -0.137. The van der Waals surface area contributed by atoms with Gasteiger partial charge < -0.3 is 20.5 Å². The van der Waals surface area contributed by atoms with Crippen molar-refractivity contribution in [2.24, 2.45) is 0 Å². The molecule has 1 aliphatic carbocycles. The number of hydrogen-bond donors (Lipinski definition) is 3. The number of amides is 2. The highest BCUT2D eigenvalue weighted by Crippen LogP contribution is 2.44. The summed E-state index contributed by atoms with van der Waals surface area (Å²) < 4.78 is 5.51. The molecule has 170 valence electrons. The Labute approximate surface area is 188 Å². The number of hydrogen-bond acceptors (Lipinski definition) is 4. The fraction of sp³-hybridized carbons (Fsp3) is 0.400. The molecule has 0 unspecified atom stereocenters. The third-order valence-electron chi connectivity index (χ3n) is 5.59. The van der Waals surface area contributed by atoms with Crippen LogP contribution >= 0.6 is 0 Å². The van der Waals surface area contributed by atoms with Crippen LogP contribution in [0.15, 0.2) is 48.5 Å². The number of nitrogens with one attached hydrogen (secondary N) is 2. The number of unbranched alkanes of at least 4 members (excludes halogenated alkanes) is 2. The largest absolute Gasteiger partial charge is 0.481 e. The predicted molar refractivity (Wildman–Crippen MR) is 121 cm³/mol. The first-order valence-electron chi connectivity index (χ1n) is 11.1. The Morgan fingerprint density at radius 1 is 0.969 bits per heavy atom. The maximum Gasteiger partial charge on any atom is 0.407 e. The summed E-state index contributed by atoms with van der Waals surface area (Å²) in [6.07, 6.45) is 1.84. The summed E-state index contributed by atoms with van der Waals surface area (Å²) in [6, 6.07) is 15.9. The molecule has 0 spiro atoms. The summed E-state index contributed by atoms with van der Waals surface area (Å²) in [5, 5.41) is 14.1. The van der Waals surface area contributed by atoms with Crippen LogP contribution in [0.1, 0.15) is 56.1 Å². The van der Waals surface area contributed by atoms with E-state index in [1.54, 1.807) is 6.92 Å². The van der Waals surface area contributed by atoms with E-state index in [9.17, 15) is 14.4 Å². The van der Waals surface area contributed by atoms with E-state index < -0.39 is 12.1 Å². The Morgan fingerprint density at radius 2 is 1.59 bits per heavy atom. The number of fused-ring (bicyclic) bond motifs is 3. The van der Waals surface area contributed by atoms with Crippen molar-refractivity contribution in [3.05, 3.63) is 59.7 Å². The second-order valence-corrected chi connectivity index (χ2v) is 8.13. The third-order valence-corrected chi connectivity index (χ3v) is 5.59. The lowest BCUT2D eigenvalue weighted by atomic mass is 9.98. The van der Waals surface area contributed by atoms with Gasteiger partial charge in [0.25, 0.3) is 0 Å². The van der Waals surface area contributed by atoms with Gasteiger partial charge in [-0.15, -0.1) is 0 Å². The molecule has 0 bridgehead atoms. The summed E-state index contributed by atoms with van der Waals surface area (Å²) in [5.74, 6) is -0.968. The lowest BCUT2D eigenvalue weighted by Crippen LogP contribution is -2.38. The molecular formula is C25H30N2O5. The number of ether oxygens (including phenoxy) is 1. The monoisotopic (exact) mass is 438 g/mol. The van der Waals surface area contributed by atoms with E-state index in [-0.39, 0.29) is 37.3 Å². The van der Waals surface area contributed by atoms with Crippen LogP contribution in [0, 0.1) is 0 Å². The molecule has 7 heteroatoms. The molecular weight excluding hydrogens is 408 g/mol. The summed E-state index contributed by atoms with van der Waals surface area (Å²) in [4.78, 5) is 34.8. The molecule has 0 radical (unpaired) electrons. The molecule has 0 saturated carbocycles. The van der Waals surface area contributed by atoms with Crippen LogP contribution in [0.5, 0.6) is 0 Å². The Balaban J connectivity index is 1.40. The third kappa shape index (κ3) is 6.33. The van der Waals surface area contributed by atoms with E-state index in [0.29, 0.717) is 13.0 Å². The molecule has 0 heterocycles. The normalized spacial score (nSPS) is 13.0. The Morgan fingerprint density at radius 3 is 2.22 bits per heavy atom. The molecule has 0 saturated heterocycles. The summed E-state index contributed by atoms with van der Waals surface area (Å²) in [6.45, 7) is 2.49. The minimum Gasteiger partial charge on any atom is -0.481 e. The van der Waals surface area contributed by atoms with Crippen molar-refractivity contribution in [1.82, 2.24) is 10.6 Å². The lowest BCUT2D eigenvalue weighted by Gasteiger charge is -2.17. The van der Waals surface area contributed by atoms with Crippen LogP contribution in [-0.2, 0) is 14.3 Å². The van der Waals surface area contributed by atoms with E-state index in [2.05, 4.69) is 34.9 Å². The number of rotatable bonds is 11. The van der Waals surface area contributed by atoms with Gasteiger partial charge in [-0.25, -0.2) is 4.79 Å². The standard InChI is InChI=1S/C25H30N2O5/c1-17(15-23(28)26-14-8-2-3-13-24(29)30)27-25(31)32-16-22-20-11-6-4-9-18(20)19-10-5-7-12-21(19)22/h4-7,9-12,17,22H,2-3,8,13-16H2,1H3,(H,26,28)(H,27,31)(H,29,30)/t17-/m1/s1. The number of benzene rings is 2. The number of aliphatic carboxylic acids is 1. The molecule has 7 nitrogen and oxygen atoms in total. The zero-order valence-electron chi connectivity index (χ0n) is 18.3. The highest BCUT2D eigenvalue weighted by atomic mass is 16.5. The first-order chi connectivity index (χ1) is 15.5. The Hall–Kier alpha value is -3.35. The van der Waals surface area contributed by atoms with Gasteiger partial charge in [0.15, 0.2) is 0 Å². The van der Waals surface area contributed by atoms with Crippen molar-refractivity contribution < 1.29 is 24.2 Å². The molecule has 3 rings (SSSR count). The number of carboxylic acids is 1. The fourth-order valence-electron chi connectivity index (χ4n) is 4.05. The average molecular weight is 439 g/mol. The van der Waals surface area contributed by atoms with Crippen LogP contribution in [0.3, 0.4) is 0 Å². The minimum atomic E-state index is -0.804. The molecule has 1 atom stereocenters. The van der Waals surface area contributed by atoms with Gasteiger partial charge in [-0.1, -0.05) is 55.0 Å². The highest BCUT2D eigenvalue weighted by Gasteiger charge is 2.29. The predicted octanol–water partition coefficient (Wildman–Crippen LogP) is 4.06. The maximum atomic E-state index is 12.3. The molecule has 2 aromatic rings. The van der Waals surface area contributed by atoms with Gasteiger partial charge >= 0.3 is 12.1 Å². The van der Waals surface area contributed by atoms with Crippen LogP contribution in [-0.4, -0.2) is 42.3 Å². The molecule has 2 amide bonds. The quantitative estimate of drug-likeness (QED) is 0.459. The van der Waals surface area contributed by atoms with Crippen LogP contribution < -0.4 is 10.6 Å². The van der Waals surface area contributed by atoms with Crippen LogP contribution in [0.2, 0.25) is 0 Å². The number of alkyl carbamates (subject to hydrolysis) is 1. The van der Waals surface area contributed by atoms with Gasteiger partial charge in [-0.2, -0.15) is 0 Å². The number of carbonyl (C=O) groups excluding carboxylic acids is 2. The second kappa shape index (κ2) is 11.3. The Bertz CT molecular complexity index is 913. The zero-order chi connectivity index (χ0) is 22.9. The zero-order valence-corrected chi connectivity index (χ0v) is 18.3. The van der Waals surface area contributed by atoms with Crippen molar-refractivity contribution in [3.8, 4) is 11.1 Å². The molecule has 32 heavy (non-hydrogen) atoms. The minimum absolute atomic E-state index is 0.00659. The van der Waals surface area contributed by atoms with Crippen molar-refractivity contribution in [1.29, 1.82) is 0 Å². The average Bonchev–Trinajstić information content (AvgIpc) is 3.08. The SMILES string of the molecule is C[C@H](CC(=O)NCCCCCC(=O)O)NC(=O)OCC1c2ccccc2-c2ccccc21. The summed E-state index contributed by atoms with van der Waals surface area (Å²) in [7, 11) is 0. The van der Waals surface area contributed by atoms with Crippen LogP contribution in [0.4, 0.5) is 4.79 Å². The number of carbonyl (C=O) groups is 3. The van der Waals surface area contributed by atoms with Crippen molar-refractivity contribution >= 4 is 18.0 Å². The molecule has 1 aliphatic rings. The van der Waals surface area contributed by atoms with Gasteiger partial charge in [0, 0.05) is 31.3 Å². The van der Waals surface area contributed by atoms with Crippen molar-refractivity contribution in [2.45, 2.75) is 51.0 Å². The smallest absolute Gasteiger partial charge is 0.407 e. The maximum absolute atomic E-state index is 12.3. The number of carboxylic acid groups (broad SMARTS) is 1. The van der Waals surface area contributed by atoms with Crippen molar-refractivity contribution in [3.63, 3.8) is 0 Å². The molecule has 0 fully saturated rings. The van der Waals surface area contributed by atoms with Crippen LogP contribution in [0.25, 0.3) is 11.1 Å². The second-order valence-electron chi connectivity index (χ2n) is 8.13. The van der Waals surface area contributed by atoms with Gasteiger partial charge in [-0.05, 0) is 42.0 Å². The van der Waals surface area contributed by atoms with E-state index in [4.69, 9.17) is 9.84 Å². The van der Waals surface area contributed by atoms with Gasteiger partial charge in [0.2, 0.25) is 5.91 Å². The molecule has 0 aromatic heterocycles. The van der Waals surface area contributed by atoms with Gasteiger partial charge in [0.1, 0.15) is 6.61 Å². The topological polar surface area (TPSA) is 105 Å². The van der Waals surface area contributed by atoms with E-state index in [0.717, 1.165) is 24.0 Å². The van der Waals surface area contributed by atoms with Crippen molar-refractivity contribution in [2.75, 3.05) is 13.2 Å². The van der Waals surface area contributed by atoms with E-state index in [1.165, 1.54) is 11.1 Å².